The van der Waals surface area contributed by atoms with Crippen molar-refractivity contribution in [2.24, 2.45) is 0 Å². The maximum atomic E-state index is 13.6. The number of amides is 1. The second kappa shape index (κ2) is 6.06. The van der Waals surface area contributed by atoms with Crippen molar-refractivity contribution in [1.29, 1.82) is 0 Å². The fourth-order valence-electron chi connectivity index (χ4n) is 3.19. The van der Waals surface area contributed by atoms with Gasteiger partial charge in [0.15, 0.2) is 0 Å². The van der Waals surface area contributed by atoms with E-state index in [9.17, 15) is 13.6 Å². The van der Waals surface area contributed by atoms with Crippen LogP contribution in [0.25, 0.3) is 22.3 Å². The van der Waals surface area contributed by atoms with Crippen LogP contribution in [0.2, 0.25) is 5.02 Å². The van der Waals surface area contributed by atoms with Crippen LogP contribution in [0, 0.1) is 0 Å². The van der Waals surface area contributed by atoms with Crippen LogP contribution in [0.4, 0.5) is 8.78 Å². The number of aromatic nitrogens is 3. The minimum Gasteiger partial charge on any atom is -0.355 e. The van der Waals surface area contributed by atoms with Gasteiger partial charge in [-0.2, -0.15) is 5.10 Å². The summed E-state index contributed by atoms with van der Waals surface area (Å²) in [5, 5.41) is 7.94. The van der Waals surface area contributed by atoms with Crippen LogP contribution in [0.1, 0.15) is 23.2 Å². The molecule has 26 heavy (non-hydrogen) atoms. The van der Waals surface area contributed by atoms with Crippen LogP contribution in [0.5, 0.6) is 0 Å². The van der Waals surface area contributed by atoms with E-state index in [-0.39, 0.29) is 5.91 Å². The number of fused-ring (bicyclic) bond motifs is 1. The van der Waals surface area contributed by atoms with Gasteiger partial charge in [0.1, 0.15) is 10.1 Å². The molecule has 0 aliphatic heterocycles. The fraction of sp³-hybridized carbons (Fsp3) is 0.294. The second-order valence-corrected chi connectivity index (χ2v) is 7.60. The molecular weight excluding hydrogens is 430 g/mol. The Kier molecular flexibility index (Phi) is 4.07. The van der Waals surface area contributed by atoms with Crippen molar-refractivity contribution in [2.45, 2.75) is 24.8 Å². The van der Waals surface area contributed by atoms with Crippen LogP contribution in [-0.2, 0) is 5.54 Å². The largest absolute Gasteiger partial charge is 0.355 e. The minimum absolute atomic E-state index is 0.285. The van der Waals surface area contributed by atoms with Gasteiger partial charge < -0.3 is 10.3 Å². The molecule has 1 saturated carbocycles. The zero-order chi connectivity index (χ0) is 18.6. The first-order valence-electron chi connectivity index (χ1n) is 7.94. The van der Waals surface area contributed by atoms with Crippen LogP contribution in [0.15, 0.2) is 28.9 Å². The van der Waals surface area contributed by atoms with Crippen molar-refractivity contribution < 1.29 is 13.6 Å². The molecule has 136 valence electrons. The molecule has 2 N–H and O–H groups in total. The highest BCUT2D eigenvalue weighted by atomic mass is 79.9. The molecule has 0 atom stereocenters. The summed E-state index contributed by atoms with van der Waals surface area (Å²) in [6.07, 6.45) is -1.75. The molecule has 0 spiro atoms. The van der Waals surface area contributed by atoms with Gasteiger partial charge in [0.25, 0.3) is 12.3 Å². The van der Waals surface area contributed by atoms with Crippen molar-refractivity contribution in [3.63, 3.8) is 0 Å². The molecule has 0 saturated heterocycles. The summed E-state index contributed by atoms with van der Waals surface area (Å²) in [5.41, 5.74) is 0.846. The Balaban J connectivity index is 1.91. The molecule has 1 fully saturated rings. The van der Waals surface area contributed by atoms with E-state index in [4.69, 9.17) is 11.6 Å². The number of rotatable bonds is 4. The predicted octanol–water partition coefficient (Wildman–Crippen LogP) is 4.56. The van der Waals surface area contributed by atoms with Gasteiger partial charge in [0.05, 0.1) is 22.5 Å². The number of carbonyl (C=O) groups excluding carboxylic acids is 1. The third kappa shape index (κ3) is 2.63. The number of hydrogen-bond donors (Lipinski definition) is 2. The predicted molar refractivity (Wildman–Crippen MR) is 98.8 cm³/mol. The molecule has 3 aromatic rings. The van der Waals surface area contributed by atoms with E-state index in [1.165, 1.54) is 11.7 Å². The van der Waals surface area contributed by atoms with Gasteiger partial charge in [-0.05, 0) is 47.0 Å². The molecule has 4 rings (SSSR count). The highest BCUT2D eigenvalue weighted by Crippen LogP contribution is 2.50. The van der Waals surface area contributed by atoms with Gasteiger partial charge in [0.2, 0.25) is 0 Å². The minimum atomic E-state index is -2.51. The number of alkyl halides is 2. The van der Waals surface area contributed by atoms with E-state index < -0.39 is 12.0 Å². The lowest BCUT2D eigenvalue weighted by Gasteiger charge is -2.17. The van der Waals surface area contributed by atoms with E-state index in [1.807, 2.05) is 0 Å². The molecule has 2 aromatic heterocycles. The number of carbonyl (C=O) groups is 1. The second-order valence-electron chi connectivity index (χ2n) is 6.35. The number of aromatic amines is 1. The van der Waals surface area contributed by atoms with Crippen LogP contribution in [-0.4, -0.2) is 34.1 Å². The number of hydrogen-bond acceptors (Lipinski definition) is 2. The Morgan fingerprint density at radius 3 is 2.73 bits per heavy atom. The molecule has 1 aliphatic carbocycles. The third-order valence-corrected chi connectivity index (χ3v) is 5.32. The fourth-order valence-corrected chi connectivity index (χ4v) is 3.80. The number of nitrogens with zero attached hydrogens (tertiary/aromatic N) is 2. The quantitative estimate of drug-likeness (QED) is 0.621. The summed E-state index contributed by atoms with van der Waals surface area (Å²) >= 11 is 9.40. The van der Waals surface area contributed by atoms with E-state index in [1.54, 1.807) is 24.3 Å². The Hall–Kier alpha value is -1.93. The van der Waals surface area contributed by atoms with E-state index in [0.717, 1.165) is 5.39 Å². The number of halogens is 4. The van der Waals surface area contributed by atoms with Crippen molar-refractivity contribution in [3.8, 4) is 11.4 Å². The first kappa shape index (κ1) is 17.5. The summed E-state index contributed by atoms with van der Waals surface area (Å²) in [7, 11) is 1.53. The molecule has 0 radical (unpaired) electrons. The average molecular weight is 444 g/mol. The third-order valence-electron chi connectivity index (χ3n) is 4.71. The highest BCUT2D eigenvalue weighted by Gasteiger charge is 2.55. The van der Waals surface area contributed by atoms with E-state index >= 15 is 0 Å². The number of benzene rings is 1. The molecule has 0 bridgehead atoms. The van der Waals surface area contributed by atoms with Crippen molar-refractivity contribution in [3.05, 3.63) is 39.5 Å². The van der Waals surface area contributed by atoms with Gasteiger partial charge in [-0.3, -0.25) is 9.48 Å². The Morgan fingerprint density at radius 1 is 1.38 bits per heavy atom. The molecule has 9 heteroatoms. The maximum Gasteiger partial charge on any atom is 0.263 e. The van der Waals surface area contributed by atoms with Gasteiger partial charge >= 0.3 is 0 Å². The molecular formula is C17H14BrClF2N4O. The summed E-state index contributed by atoms with van der Waals surface area (Å²) in [6, 6.07) is 6.76. The summed E-state index contributed by atoms with van der Waals surface area (Å²) < 4.78 is 29.0. The van der Waals surface area contributed by atoms with Gasteiger partial charge in [-0.1, -0.05) is 11.6 Å². The Bertz CT molecular complexity index is 1030. The van der Waals surface area contributed by atoms with E-state index in [2.05, 4.69) is 31.3 Å². The molecule has 1 amide bonds. The Labute approximate surface area is 160 Å². The van der Waals surface area contributed by atoms with Crippen molar-refractivity contribution >= 4 is 44.3 Å². The first-order chi connectivity index (χ1) is 12.4. The summed E-state index contributed by atoms with van der Waals surface area (Å²) in [4.78, 5) is 15.3. The number of nitrogens with one attached hydrogen (secondary N) is 2. The SMILES string of the molecule is CNC(=O)c1cc(Cl)cc2cc(-c3cc(Br)nn3C3(C(F)F)CC3)[nH]c12. The zero-order valence-corrected chi connectivity index (χ0v) is 16.0. The normalized spacial score (nSPS) is 15.6. The topological polar surface area (TPSA) is 62.7 Å². The van der Waals surface area contributed by atoms with Crippen molar-refractivity contribution in [1.82, 2.24) is 20.1 Å². The van der Waals surface area contributed by atoms with Crippen LogP contribution < -0.4 is 5.32 Å². The van der Waals surface area contributed by atoms with Crippen LogP contribution in [0.3, 0.4) is 0 Å². The molecule has 0 unspecified atom stereocenters. The number of H-pyrrole nitrogens is 1. The first-order valence-corrected chi connectivity index (χ1v) is 9.12. The van der Waals surface area contributed by atoms with Crippen LogP contribution >= 0.6 is 27.5 Å². The molecule has 1 aromatic carbocycles. The molecule has 2 heterocycles. The zero-order valence-electron chi connectivity index (χ0n) is 13.6. The van der Waals surface area contributed by atoms with Gasteiger partial charge in [-0.25, -0.2) is 8.78 Å². The molecule has 1 aliphatic rings. The highest BCUT2D eigenvalue weighted by molar-refractivity contribution is 9.10. The van der Waals surface area contributed by atoms with Crippen molar-refractivity contribution in [2.75, 3.05) is 7.05 Å². The monoisotopic (exact) mass is 442 g/mol. The lowest BCUT2D eigenvalue weighted by molar-refractivity contribution is 0.0611. The van der Waals surface area contributed by atoms with Gasteiger partial charge in [-0.15, -0.1) is 0 Å². The lowest BCUT2D eigenvalue weighted by Crippen LogP contribution is -2.27. The molecule has 5 nitrogen and oxygen atoms in total. The Morgan fingerprint density at radius 2 is 2.12 bits per heavy atom. The van der Waals surface area contributed by atoms with E-state index in [0.29, 0.717) is 44.9 Å². The lowest BCUT2D eigenvalue weighted by atomic mass is 10.1. The maximum absolute atomic E-state index is 13.6. The van der Waals surface area contributed by atoms with Gasteiger partial charge in [0, 0.05) is 23.5 Å². The summed E-state index contributed by atoms with van der Waals surface area (Å²) in [6.45, 7) is 0. The smallest absolute Gasteiger partial charge is 0.263 e. The summed E-state index contributed by atoms with van der Waals surface area (Å²) in [5.74, 6) is -0.285. The average Bonchev–Trinajstić information content (AvgIpc) is 3.16. The standard InChI is InChI=1S/C17H14BrClF2N4O/c1-22-15(26)10-6-9(19)4-8-5-11(23-14(8)10)12-7-13(18)24-25(12)17(2-3-17)16(20)21/h4-7,16,23H,2-3H2,1H3,(H,22,26).